The van der Waals surface area contributed by atoms with Crippen molar-refractivity contribution >= 4 is 10.8 Å². The zero-order chi connectivity index (χ0) is 15.9. The quantitative estimate of drug-likeness (QED) is 0.746. The van der Waals surface area contributed by atoms with Crippen LogP contribution in [0.5, 0.6) is 5.75 Å². The highest BCUT2D eigenvalue weighted by Crippen LogP contribution is 2.23. The van der Waals surface area contributed by atoms with Crippen molar-refractivity contribution in [2.75, 3.05) is 7.11 Å². The van der Waals surface area contributed by atoms with E-state index in [1.807, 2.05) is 6.92 Å². The van der Waals surface area contributed by atoms with Crippen LogP contribution in [0, 0.1) is 19.7 Å². The van der Waals surface area contributed by atoms with E-state index in [1.165, 1.54) is 23.8 Å². The van der Waals surface area contributed by atoms with Crippen molar-refractivity contribution in [1.82, 2.24) is 9.72 Å². The Labute approximate surface area is 125 Å². The van der Waals surface area contributed by atoms with Crippen molar-refractivity contribution in [2.45, 2.75) is 20.4 Å². The first-order chi connectivity index (χ1) is 10.5. The van der Waals surface area contributed by atoms with E-state index in [-0.39, 0.29) is 11.3 Å². The molecule has 0 unspecified atom stereocenters. The number of hydrogen-bond acceptors (Lipinski definition) is 4. The summed E-state index contributed by atoms with van der Waals surface area (Å²) in [5, 5.41) is 4.82. The molecule has 0 bridgehead atoms. The summed E-state index contributed by atoms with van der Waals surface area (Å²) in [5.41, 5.74) is 1.33. The molecule has 5 nitrogen and oxygen atoms in total. The zero-order valence-electron chi connectivity index (χ0n) is 12.5. The van der Waals surface area contributed by atoms with E-state index in [0.717, 1.165) is 11.3 Å². The lowest BCUT2D eigenvalue weighted by atomic mass is 10.1. The van der Waals surface area contributed by atoms with Gasteiger partial charge in [0, 0.05) is 11.8 Å². The third-order valence-electron chi connectivity index (χ3n) is 3.76. The van der Waals surface area contributed by atoms with Gasteiger partial charge in [-0.15, -0.1) is 0 Å². The molecule has 0 aliphatic carbocycles. The van der Waals surface area contributed by atoms with Crippen LogP contribution in [0.3, 0.4) is 0 Å². The number of hydrogen-bond donors (Lipinski definition) is 0. The molecule has 0 amide bonds. The molecule has 22 heavy (non-hydrogen) atoms. The number of rotatable bonds is 3. The lowest BCUT2D eigenvalue weighted by Crippen LogP contribution is -2.20. The van der Waals surface area contributed by atoms with Crippen molar-refractivity contribution in [2.24, 2.45) is 0 Å². The summed E-state index contributed by atoms with van der Waals surface area (Å²) in [7, 11) is 1.39. The van der Waals surface area contributed by atoms with E-state index in [2.05, 4.69) is 5.16 Å². The number of halogens is 1. The van der Waals surface area contributed by atoms with Crippen LogP contribution in [0.25, 0.3) is 10.8 Å². The largest absolute Gasteiger partial charge is 0.494 e. The fourth-order valence-corrected chi connectivity index (χ4v) is 2.46. The van der Waals surface area contributed by atoms with Gasteiger partial charge < -0.3 is 13.8 Å². The fourth-order valence-electron chi connectivity index (χ4n) is 2.46. The molecule has 2 aromatic heterocycles. The summed E-state index contributed by atoms with van der Waals surface area (Å²) in [4.78, 5) is 12.5. The fraction of sp³-hybridized carbons (Fsp3) is 0.250. The summed E-state index contributed by atoms with van der Waals surface area (Å²) in [6.07, 6.45) is 1.67. The van der Waals surface area contributed by atoms with Crippen LogP contribution >= 0.6 is 0 Å². The Hall–Kier alpha value is -2.63. The van der Waals surface area contributed by atoms with Gasteiger partial charge in [0.15, 0.2) is 11.6 Å². The summed E-state index contributed by atoms with van der Waals surface area (Å²) in [6, 6.07) is 4.49. The summed E-state index contributed by atoms with van der Waals surface area (Å²) in [6.45, 7) is 3.96. The normalized spacial score (nSPS) is 11.1. The molecule has 6 heteroatoms. The van der Waals surface area contributed by atoms with Gasteiger partial charge in [0.2, 0.25) is 0 Å². The van der Waals surface area contributed by atoms with Crippen LogP contribution in [-0.4, -0.2) is 16.8 Å². The second-order valence-corrected chi connectivity index (χ2v) is 5.13. The predicted molar refractivity (Wildman–Crippen MR) is 79.8 cm³/mol. The molecule has 0 atom stereocenters. The first kappa shape index (κ1) is 14.3. The Morgan fingerprint density at radius 1 is 1.36 bits per heavy atom. The smallest absolute Gasteiger partial charge is 0.258 e. The third-order valence-corrected chi connectivity index (χ3v) is 3.76. The van der Waals surface area contributed by atoms with Crippen molar-refractivity contribution in [3.63, 3.8) is 0 Å². The molecule has 2 heterocycles. The van der Waals surface area contributed by atoms with Crippen molar-refractivity contribution in [3.05, 3.63) is 57.6 Å². The van der Waals surface area contributed by atoms with Crippen molar-refractivity contribution in [3.8, 4) is 5.75 Å². The molecule has 0 saturated heterocycles. The van der Waals surface area contributed by atoms with E-state index >= 15 is 0 Å². The molecule has 3 aromatic rings. The number of aromatic nitrogens is 2. The molecule has 0 aliphatic heterocycles. The summed E-state index contributed by atoms with van der Waals surface area (Å²) in [5.74, 6) is 0.239. The zero-order valence-corrected chi connectivity index (χ0v) is 12.5. The Bertz CT molecular complexity index is 892. The van der Waals surface area contributed by atoms with E-state index in [0.29, 0.717) is 23.1 Å². The van der Waals surface area contributed by atoms with Gasteiger partial charge in [-0.3, -0.25) is 4.79 Å². The van der Waals surface area contributed by atoms with Gasteiger partial charge in [-0.05, 0) is 37.4 Å². The summed E-state index contributed by atoms with van der Waals surface area (Å²) < 4.78 is 25.4. The standard InChI is InChI=1S/C16H15FN2O3/c1-9-13(10(2)22-18-9)8-19-5-4-11-6-15(21-3)14(17)7-12(11)16(19)20/h4-7H,8H2,1-3H3. The minimum absolute atomic E-state index is 0.121. The van der Waals surface area contributed by atoms with Crippen LogP contribution in [0.1, 0.15) is 17.0 Å². The van der Waals surface area contributed by atoms with Crippen LogP contribution in [-0.2, 0) is 6.54 Å². The number of methoxy groups -OCH3 is 1. The maximum absolute atomic E-state index is 13.8. The Balaban J connectivity index is 2.13. The van der Waals surface area contributed by atoms with Crippen LogP contribution < -0.4 is 10.3 Å². The minimum atomic E-state index is -0.554. The minimum Gasteiger partial charge on any atom is -0.494 e. The highest BCUT2D eigenvalue weighted by Gasteiger charge is 2.13. The number of aryl methyl sites for hydroxylation is 2. The molecule has 114 valence electrons. The van der Waals surface area contributed by atoms with Gasteiger partial charge in [0.1, 0.15) is 5.76 Å². The van der Waals surface area contributed by atoms with Gasteiger partial charge in [-0.2, -0.15) is 0 Å². The number of fused-ring (bicyclic) bond motifs is 1. The Morgan fingerprint density at radius 2 is 2.14 bits per heavy atom. The molecular weight excluding hydrogens is 287 g/mol. The van der Waals surface area contributed by atoms with Gasteiger partial charge in [0.05, 0.1) is 24.7 Å². The number of ether oxygens (including phenoxy) is 1. The Kier molecular flexibility index (Phi) is 3.44. The van der Waals surface area contributed by atoms with Crippen LogP contribution in [0.2, 0.25) is 0 Å². The number of nitrogens with zero attached hydrogens (tertiary/aromatic N) is 2. The highest BCUT2D eigenvalue weighted by atomic mass is 19.1. The van der Waals surface area contributed by atoms with Crippen LogP contribution in [0.15, 0.2) is 33.7 Å². The van der Waals surface area contributed by atoms with E-state index < -0.39 is 5.82 Å². The van der Waals surface area contributed by atoms with E-state index in [9.17, 15) is 9.18 Å². The van der Waals surface area contributed by atoms with Crippen molar-refractivity contribution < 1.29 is 13.7 Å². The molecule has 0 fully saturated rings. The topological polar surface area (TPSA) is 57.3 Å². The maximum atomic E-state index is 13.8. The molecule has 0 aliphatic rings. The first-order valence-corrected chi connectivity index (χ1v) is 6.79. The number of pyridine rings is 1. The lowest BCUT2D eigenvalue weighted by molar-refractivity contribution is 0.387. The second kappa shape index (κ2) is 5.29. The van der Waals surface area contributed by atoms with E-state index in [4.69, 9.17) is 9.26 Å². The molecule has 0 saturated carbocycles. The molecule has 0 radical (unpaired) electrons. The van der Waals surface area contributed by atoms with E-state index in [1.54, 1.807) is 19.2 Å². The van der Waals surface area contributed by atoms with Crippen molar-refractivity contribution in [1.29, 1.82) is 0 Å². The molecule has 1 aromatic carbocycles. The van der Waals surface area contributed by atoms with Gasteiger partial charge >= 0.3 is 0 Å². The molecule has 0 spiro atoms. The number of benzene rings is 1. The molecule has 3 rings (SSSR count). The predicted octanol–water partition coefficient (Wildman–Crippen LogP) is 2.80. The SMILES string of the molecule is COc1cc2ccn(Cc3c(C)noc3C)c(=O)c2cc1F. The first-order valence-electron chi connectivity index (χ1n) is 6.79. The molecular formula is C16H15FN2O3. The summed E-state index contributed by atoms with van der Waals surface area (Å²) >= 11 is 0. The Morgan fingerprint density at radius 3 is 2.77 bits per heavy atom. The highest BCUT2D eigenvalue weighted by molar-refractivity contribution is 5.83. The van der Waals surface area contributed by atoms with Gasteiger partial charge in [-0.25, -0.2) is 4.39 Å². The second-order valence-electron chi connectivity index (χ2n) is 5.13. The monoisotopic (exact) mass is 302 g/mol. The van der Waals surface area contributed by atoms with Gasteiger partial charge in [-0.1, -0.05) is 5.16 Å². The average molecular weight is 302 g/mol. The average Bonchev–Trinajstić information content (AvgIpc) is 2.82. The van der Waals surface area contributed by atoms with Gasteiger partial charge in [0.25, 0.3) is 5.56 Å². The third kappa shape index (κ3) is 2.26. The van der Waals surface area contributed by atoms with Crippen LogP contribution in [0.4, 0.5) is 4.39 Å². The lowest BCUT2D eigenvalue weighted by Gasteiger charge is -2.09. The maximum Gasteiger partial charge on any atom is 0.258 e. The molecule has 0 N–H and O–H groups in total.